The Labute approximate surface area is 223 Å². The molecule has 4 aromatic rings. The summed E-state index contributed by atoms with van der Waals surface area (Å²) in [6, 6.07) is 10.6. The van der Waals surface area contributed by atoms with Gasteiger partial charge in [0.1, 0.15) is 0 Å². The summed E-state index contributed by atoms with van der Waals surface area (Å²) in [4.78, 5) is 23.2. The molecule has 0 aliphatic carbocycles. The van der Waals surface area contributed by atoms with E-state index in [0.717, 1.165) is 79.1 Å². The summed E-state index contributed by atoms with van der Waals surface area (Å²) < 4.78 is 1.86. The van der Waals surface area contributed by atoms with Gasteiger partial charge in [0.25, 0.3) is 5.56 Å². The maximum atomic E-state index is 12.7. The smallest absolute Gasteiger partial charge is 0.250 e. The first kappa shape index (κ1) is 24.8. The summed E-state index contributed by atoms with van der Waals surface area (Å²) in [6.07, 6.45) is 6.29. The average Bonchev–Trinajstić information content (AvgIpc) is 3.51. The molecule has 0 radical (unpaired) electrons. The van der Waals surface area contributed by atoms with Crippen LogP contribution in [-0.2, 0) is 6.54 Å². The second kappa shape index (κ2) is 10.0. The van der Waals surface area contributed by atoms with Gasteiger partial charge in [-0.15, -0.1) is 10.2 Å². The Morgan fingerprint density at radius 3 is 2.42 bits per heavy atom. The van der Waals surface area contributed by atoms with Crippen LogP contribution in [0.1, 0.15) is 24.0 Å². The van der Waals surface area contributed by atoms with Crippen LogP contribution < -0.4 is 10.5 Å². The highest BCUT2D eigenvalue weighted by Crippen LogP contribution is 2.33. The lowest BCUT2D eigenvalue weighted by Crippen LogP contribution is -2.45. The molecule has 38 heavy (non-hydrogen) atoms. The molecule has 2 aliphatic rings. The minimum absolute atomic E-state index is 0.0424. The van der Waals surface area contributed by atoms with Crippen molar-refractivity contribution in [2.24, 2.45) is 0 Å². The maximum absolute atomic E-state index is 12.7. The molecule has 1 aromatic carbocycles. The van der Waals surface area contributed by atoms with Gasteiger partial charge in [-0.3, -0.25) is 4.79 Å². The summed E-state index contributed by atoms with van der Waals surface area (Å²) in [7, 11) is 4.33. The summed E-state index contributed by atoms with van der Waals surface area (Å²) in [6.45, 7) is 10.5. The number of rotatable bonds is 5. The van der Waals surface area contributed by atoms with Gasteiger partial charge in [-0.1, -0.05) is 0 Å². The van der Waals surface area contributed by atoms with Crippen LogP contribution in [0.25, 0.3) is 33.4 Å². The van der Waals surface area contributed by atoms with E-state index in [2.05, 4.69) is 76.0 Å². The molecular formula is C30H37N7O. The minimum atomic E-state index is 0.0424. The standard InChI is InChI=1S/C30H37N7O/c1-20-14-23(15-21(2)29(20)36-12-10-34(3)11-13-36)27-16-25-26(17-31-30(25)33-32-27)22-7-8-28(38)37(18-22)19-24-6-5-9-35(24)4/h7-8,14-18,24H,5-6,9-13,19H2,1-4H3,(H,31,33). The van der Waals surface area contributed by atoms with Gasteiger partial charge in [-0.25, -0.2) is 0 Å². The number of hydrogen-bond acceptors (Lipinski definition) is 6. The van der Waals surface area contributed by atoms with Crippen LogP contribution in [-0.4, -0.2) is 82.4 Å². The van der Waals surface area contributed by atoms with Gasteiger partial charge < -0.3 is 24.3 Å². The first-order valence-electron chi connectivity index (χ1n) is 13.7. The van der Waals surface area contributed by atoms with Gasteiger partial charge in [0.2, 0.25) is 0 Å². The van der Waals surface area contributed by atoms with Crippen molar-refractivity contribution in [3.8, 4) is 22.4 Å². The molecule has 8 nitrogen and oxygen atoms in total. The number of likely N-dealkylation sites (tertiary alicyclic amines) is 1. The van der Waals surface area contributed by atoms with Crippen LogP contribution >= 0.6 is 0 Å². The second-order valence-electron chi connectivity index (χ2n) is 11.1. The number of likely N-dealkylation sites (N-methyl/N-ethyl adjacent to an activating group) is 2. The number of hydrogen-bond donors (Lipinski definition) is 1. The van der Waals surface area contributed by atoms with E-state index in [9.17, 15) is 4.79 Å². The van der Waals surface area contributed by atoms with Gasteiger partial charge in [0.05, 0.1) is 5.69 Å². The molecule has 0 amide bonds. The number of benzene rings is 1. The second-order valence-corrected chi connectivity index (χ2v) is 11.1. The molecule has 1 N–H and O–H groups in total. The van der Waals surface area contributed by atoms with E-state index in [1.54, 1.807) is 6.07 Å². The van der Waals surface area contributed by atoms with Crippen LogP contribution in [0.5, 0.6) is 0 Å². The summed E-state index contributed by atoms with van der Waals surface area (Å²) >= 11 is 0. The number of anilines is 1. The lowest BCUT2D eigenvalue weighted by Gasteiger charge is -2.36. The van der Waals surface area contributed by atoms with Crippen LogP contribution in [0.2, 0.25) is 0 Å². The van der Waals surface area contributed by atoms with Crippen molar-refractivity contribution >= 4 is 16.7 Å². The van der Waals surface area contributed by atoms with Gasteiger partial charge in [0.15, 0.2) is 5.65 Å². The monoisotopic (exact) mass is 511 g/mol. The Bertz CT molecular complexity index is 1510. The fourth-order valence-electron chi connectivity index (χ4n) is 6.20. The molecule has 5 heterocycles. The first-order valence-corrected chi connectivity index (χ1v) is 13.7. The third-order valence-electron chi connectivity index (χ3n) is 8.42. The predicted octanol–water partition coefficient (Wildman–Crippen LogP) is 3.92. The Morgan fingerprint density at radius 2 is 1.71 bits per heavy atom. The van der Waals surface area contributed by atoms with Gasteiger partial charge in [0, 0.05) is 85.0 Å². The topological polar surface area (TPSA) is 73.3 Å². The first-order chi connectivity index (χ1) is 18.4. The number of nitrogens with zero attached hydrogens (tertiary/aromatic N) is 6. The number of piperazine rings is 1. The van der Waals surface area contributed by atoms with Crippen LogP contribution in [0.15, 0.2) is 47.5 Å². The van der Waals surface area contributed by atoms with Crippen molar-refractivity contribution in [1.29, 1.82) is 0 Å². The molecule has 2 saturated heterocycles. The number of aromatic amines is 1. The molecule has 3 aromatic heterocycles. The highest BCUT2D eigenvalue weighted by Gasteiger charge is 2.22. The number of nitrogens with one attached hydrogen (secondary N) is 1. The maximum Gasteiger partial charge on any atom is 0.250 e. The SMILES string of the molecule is Cc1cc(-c2cc3c(-c4ccc(=O)n(CC5CCCN5C)c4)c[nH]c3nn2)cc(C)c1N1CCN(C)CC1. The van der Waals surface area contributed by atoms with E-state index in [4.69, 9.17) is 0 Å². The van der Waals surface area contributed by atoms with Gasteiger partial charge in [-0.2, -0.15) is 0 Å². The summed E-state index contributed by atoms with van der Waals surface area (Å²) in [5, 5.41) is 10.1. The Kier molecular flexibility index (Phi) is 6.53. The van der Waals surface area contributed by atoms with Crippen LogP contribution in [0.3, 0.4) is 0 Å². The Hall–Kier alpha value is -3.49. The van der Waals surface area contributed by atoms with Crippen molar-refractivity contribution < 1.29 is 0 Å². The summed E-state index contributed by atoms with van der Waals surface area (Å²) in [5.74, 6) is 0. The zero-order valence-electron chi connectivity index (χ0n) is 22.9. The fraction of sp³-hybridized carbons (Fsp3) is 0.433. The quantitative estimate of drug-likeness (QED) is 0.438. The molecule has 0 spiro atoms. The number of H-pyrrole nitrogens is 1. The molecule has 2 aliphatic heterocycles. The normalized spacial score (nSPS) is 19.1. The predicted molar refractivity (Wildman–Crippen MR) is 154 cm³/mol. The molecule has 0 bridgehead atoms. The molecule has 1 unspecified atom stereocenters. The van der Waals surface area contributed by atoms with Crippen molar-refractivity contribution in [3.63, 3.8) is 0 Å². The highest BCUT2D eigenvalue weighted by molar-refractivity contribution is 5.95. The minimum Gasteiger partial charge on any atom is -0.369 e. The number of pyridine rings is 1. The largest absolute Gasteiger partial charge is 0.369 e. The molecular weight excluding hydrogens is 474 g/mol. The third kappa shape index (κ3) is 4.63. The lowest BCUT2D eigenvalue weighted by atomic mass is 9.99. The van der Waals surface area contributed by atoms with Gasteiger partial charge in [-0.05, 0) is 82.7 Å². The van der Waals surface area contributed by atoms with Crippen molar-refractivity contribution in [2.75, 3.05) is 51.7 Å². The Morgan fingerprint density at radius 1 is 0.947 bits per heavy atom. The molecule has 2 fully saturated rings. The fourth-order valence-corrected chi connectivity index (χ4v) is 6.20. The van der Waals surface area contributed by atoms with Gasteiger partial charge >= 0.3 is 0 Å². The van der Waals surface area contributed by atoms with Crippen LogP contribution in [0, 0.1) is 13.8 Å². The summed E-state index contributed by atoms with van der Waals surface area (Å²) in [5.41, 5.74) is 8.65. The molecule has 8 heteroatoms. The van der Waals surface area contributed by atoms with Crippen molar-refractivity contribution in [3.05, 3.63) is 64.2 Å². The van der Waals surface area contributed by atoms with E-state index >= 15 is 0 Å². The number of fused-ring (bicyclic) bond motifs is 1. The molecule has 6 rings (SSSR count). The van der Waals surface area contributed by atoms with E-state index in [1.165, 1.54) is 23.2 Å². The number of aryl methyl sites for hydroxylation is 2. The van der Waals surface area contributed by atoms with Crippen LogP contribution in [0.4, 0.5) is 5.69 Å². The zero-order chi connectivity index (χ0) is 26.4. The van der Waals surface area contributed by atoms with E-state index in [-0.39, 0.29) is 5.56 Å². The zero-order valence-corrected chi connectivity index (χ0v) is 22.9. The van der Waals surface area contributed by atoms with Crippen molar-refractivity contribution in [1.82, 2.24) is 29.5 Å². The van der Waals surface area contributed by atoms with Crippen molar-refractivity contribution in [2.45, 2.75) is 39.3 Å². The lowest BCUT2D eigenvalue weighted by molar-refractivity contribution is 0.280. The third-order valence-corrected chi connectivity index (χ3v) is 8.42. The number of aromatic nitrogens is 4. The molecule has 1 atom stereocenters. The molecule has 198 valence electrons. The van der Waals surface area contributed by atoms with E-state index < -0.39 is 0 Å². The Balaban J connectivity index is 1.34. The van der Waals surface area contributed by atoms with E-state index in [1.807, 2.05) is 23.0 Å². The molecule has 0 saturated carbocycles. The average molecular weight is 512 g/mol. The highest BCUT2D eigenvalue weighted by atomic mass is 16.1. The van der Waals surface area contributed by atoms with E-state index in [0.29, 0.717) is 6.04 Å².